The summed E-state index contributed by atoms with van der Waals surface area (Å²) in [6.45, 7) is 1.99. The molecule has 2 heterocycles. The Morgan fingerprint density at radius 2 is 2.23 bits per heavy atom. The molecular weight excluding hydrogens is 290 g/mol. The van der Waals surface area contributed by atoms with E-state index in [1.807, 2.05) is 0 Å². The van der Waals surface area contributed by atoms with Crippen LogP contribution >= 0.6 is 0 Å². The first-order valence-corrected chi connectivity index (χ1v) is 6.90. The number of nitrogens with two attached hydrogens (primary N) is 1. The summed E-state index contributed by atoms with van der Waals surface area (Å²) in [5, 5.41) is 14.3. The summed E-state index contributed by atoms with van der Waals surface area (Å²) in [5.41, 5.74) is 5.66. The fourth-order valence-electron chi connectivity index (χ4n) is 1.94. The molecule has 0 atom stereocenters. The molecule has 120 valence electrons. The van der Waals surface area contributed by atoms with Gasteiger partial charge in [0, 0.05) is 32.6 Å². The zero-order chi connectivity index (χ0) is 15.9. The number of aryl methyl sites for hydroxylation is 1. The van der Waals surface area contributed by atoms with Crippen molar-refractivity contribution in [3.8, 4) is 0 Å². The van der Waals surface area contributed by atoms with Crippen molar-refractivity contribution in [2.45, 2.75) is 13.0 Å². The zero-order valence-electron chi connectivity index (χ0n) is 12.0. The molecular formula is C12H19N7O3. The van der Waals surface area contributed by atoms with E-state index in [0.717, 1.165) is 0 Å². The number of carbonyl (C=O) groups excluding carboxylic acids is 1. The summed E-state index contributed by atoms with van der Waals surface area (Å²) in [6.07, 6.45) is 1.70. The third-order valence-corrected chi connectivity index (χ3v) is 2.99. The van der Waals surface area contributed by atoms with Crippen molar-refractivity contribution in [2.75, 3.05) is 32.0 Å². The van der Waals surface area contributed by atoms with Gasteiger partial charge in [0.1, 0.15) is 0 Å². The van der Waals surface area contributed by atoms with Crippen molar-refractivity contribution in [1.29, 1.82) is 0 Å². The van der Waals surface area contributed by atoms with E-state index in [0.29, 0.717) is 31.8 Å². The molecule has 1 amide bonds. The van der Waals surface area contributed by atoms with E-state index in [1.165, 1.54) is 6.33 Å². The minimum absolute atomic E-state index is 0.0126. The van der Waals surface area contributed by atoms with Gasteiger partial charge in [-0.1, -0.05) is 0 Å². The van der Waals surface area contributed by atoms with Crippen molar-refractivity contribution in [3.63, 3.8) is 0 Å². The molecule has 2 aromatic heterocycles. The zero-order valence-corrected chi connectivity index (χ0v) is 12.0. The average molecular weight is 309 g/mol. The van der Waals surface area contributed by atoms with E-state index in [-0.39, 0.29) is 30.4 Å². The highest BCUT2D eigenvalue weighted by Crippen LogP contribution is 2.06. The smallest absolute Gasteiger partial charge is 0.280 e. The molecule has 2 aromatic rings. The Labute approximate surface area is 125 Å². The summed E-state index contributed by atoms with van der Waals surface area (Å²) >= 11 is 0. The monoisotopic (exact) mass is 309 g/mol. The van der Waals surface area contributed by atoms with Crippen LogP contribution in [0.3, 0.4) is 0 Å². The van der Waals surface area contributed by atoms with Gasteiger partial charge in [0.15, 0.2) is 11.2 Å². The SMILES string of the molecule is Nc1nc2c(ncn2CCC(=O)NCCNCCO)c(=O)[nH]1. The van der Waals surface area contributed by atoms with Crippen LogP contribution in [0.4, 0.5) is 5.95 Å². The number of nitrogen functional groups attached to an aromatic ring is 1. The highest BCUT2D eigenvalue weighted by atomic mass is 16.3. The molecule has 2 rings (SSSR count). The van der Waals surface area contributed by atoms with Crippen LogP contribution in [0.1, 0.15) is 6.42 Å². The lowest BCUT2D eigenvalue weighted by Gasteiger charge is -2.07. The molecule has 0 spiro atoms. The van der Waals surface area contributed by atoms with Gasteiger partial charge in [-0.3, -0.25) is 14.6 Å². The van der Waals surface area contributed by atoms with Gasteiger partial charge in [-0.05, 0) is 0 Å². The largest absolute Gasteiger partial charge is 0.395 e. The van der Waals surface area contributed by atoms with E-state index in [9.17, 15) is 9.59 Å². The topological polar surface area (TPSA) is 151 Å². The summed E-state index contributed by atoms with van der Waals surface area (Å²) in [6, 6.07) is 0. The number of carbonyl (C=O) groups is 1. The van der Waals surface area contributed by atoms with Crippen LogP contribution in [-0.4, -0.2) is 56.8 Å². The molecule has 0 saturated heterocycles. The number of imidazole rings is 1. The van der Waals surface area contributed by atoms with Crippen LogP contribution in [0.25, 0.3) is 11.2 Å². The fraction of sp³-hybridized carbons (Fsp3) is 0.500. The molecule has 10 nitrogen and oxygen atoms in total. The number of hydrogen-bond donors (Lipinski definition) is 5. The normalized spacial score (nSPS) is 11.0. The van der Waals surface area contributed by atoms with Crippen molar-refractivity contribution in [1.82, 2.24) is 30.2 Å². The number of aromatic nitrogens is 4. The number of nitrogens with one attached hydrogen (secondary N) is 3. The molecule has 0 saturated carbocycles. The van der Waals surface area contributed by atoms with Gasteiger partial charge in [-0.25, -0.2) is 4.98 Å². The second-order valence-electron chi connectivity index (χ2n) is 4.63. The van der Waals surface area contributed by atoms with Crippen LogP contribution in [0.2, 0.25) is 0 Å². The third kappa shape index (κ3) is 4.02. The lowest BCUT2D eigenvalue weighted by Crippen LogP contribution is -2.33. The maximum Gasteiger partial charge on any atom is 0.280 e. The van der Waals surface area contributed by atoms with Crippen LogP contribution < -0.4 is 21.9 Å². The van der Waals surface area contributed by atoms with Crippen LogP contribution in [0.5, 0.6) is 0 Å². The predicted molar refractivity (Wildman–Crippen MR) is 80.1 cm³/mol. The highest BCUT2D eigenvalue weighted by Gasteiger charge is 2.10. The summed E-state index contributed by atoms with van der Waals surface area (Å²) in [4.78, 5) is 33.7. The molecule has 0 aliphatic heterocycles. The molecule has 0 aliphatic carbocycles. The Balaban J connectivity index is 1.87. The van der Waals surface area contributed by atoms with Gasteiger partial charge >= 0.3 is 0 Å². The molecule has 0 fully saturated rings. The maximum atomic E-state index is 11.7. The van der Waals surface area contributed by atoms with E-state index >= 15 is 0 Å². The number of aliphatic hydroxyl groups excluding tert-OH is 1. The Hall–Kier alpha value is -2.46. The van der Waals surface area contributed by atoms with Crippen LogP contribution in [-0.2, 0) is 11.3 Å². The predicted octanol–water partition coefficient (Wildman–Crippen LogP) is -2.21. The van der Waals surface area contributed by atoms with Gasteiger partial charge in [-0.15, -0.1) is 0 Å². The first-order chi connectivity index (χ1) is 10.6. The van der Waals surface area contributed by atoms with Gasteiger partial charge in [0.2, 0.25) is 11.9 Å². The van der Waals surface area contributed by atoms with Gasteiger partial charge in [0.25, 0.3) is 5.56 Å². The number of aromatic amines is 1. The second kappa shape index (κ2) is 7.52. The summed E-state index contributed by atoms with van der Waals surface area (Å²) < 4.78 is 1.62. The number of H-pyrrole nitrogens is 1. The molecule has 0 radical (unpaired) electrons. The molecule has 22 heavy (non-hydrogen) atoms. The Morgan fingerprint density at radius 1 is 1.41 bits per heavy atom. The number of fused-ring (bicyclic) bond motifs is 1. The Morgan fingerprint density at radius 3 is 3.00 bits per heavy atom. The summed E-state index contributed by atoms with van der Waals surface area (Å²) in [5.74, 6) is -0.107. The van der Waals surface area contributed by atoms with E-state index < -0.39 is 5.56 Å². The van der Waals surface area contributed by atoms with Gasteiger partial charge in [-0.2, -0.15) is 4.98 Å². The van der Waals surface area contributed by atoms with Crippen molar-refractivity contribution in [2.24, 2.45) is 0 Å². The number of amides is 1. The first-order valence-electron chi connectivity index (χ1n) is 6.90. The van der Waals surface area contributed by atoms with E-state index in [1.54, 1.807) is 4.57 Å². The fourth-order valence-corrected chi connectivity index (χ4v) is 1.94. The average Bonchev–Trinajstić information content (AvgIpc) is 2.88. The summed E-state index contributed by atoms with van der Waals surface area (Å²) in [7, 11) is 0. The number of nitrogens with zero attached hydrogens (tertiary/aromatic N) is 3. The first kappa shape index (κ1) is 15.9. The third-order valence-electron chi connectivity index (χ3n) is 2.99. The lowest BCUT2D eigenvalue weighted by atomic mass is 10.4. The lowest BCUT2D eigenvalue weighted by molar-refractivity contribution is -0.121. The number of rotatable bonds is 8. The van der Waals surface area contributed by atoms with Crippen molar-refractivity contribution >= 4 is 23.0 Å². The van der Waals surface area contributed by atoms with E-state index in [4.69, 9.17) is 10.8 Å². The Kier molecular flexibility index (Phi) is 5.44. The highest BCUT2D eigenvalue weighted by molar-refractivity contribution is 5.76. The second-order valence-corrected chi connectivity index (χ2v) is 4.63. The number of anilines is 1. The molecule has 0 unspecified atom stereocenters. The standard InChI is InChI=1S/C12H19N7O3/c13-12-17-10-9(11(22)18-12)16-7-19(10)5-1-8(21)15-3-2-14-4-6-20/h7,14,20H,1-6H2,(H,15,21)(H3,13,17,18,22). The minimum atomic E-state index is -0.402. The number of aliphatic hydroxyl groups is 1. The molecule has 6 N–H and O–H groups in total. The maximum absolute atomic E-state index is 11.7. The Bertz CT molecular complexity index is 694. The minimum Gasteiger partial charge on any atom is -0.395 e. The molecule has 0 aromatic carbocycles. The quantitative estimate of drug-likeness (QED) is 0.347. The van der Waals surface area contributed by atoms with Crippen molar-refractivity contribution in [3.05, 3.63) is 16.7 Å². The van der Waals surface area contributed by atoms with Crippen LogP contribution in [0.15, 0.2) is 11.1 Å². The number of hydrogen-bond acceptors (Lipinski definition) is 7. The van der Waals surface area contributed by atoms with Gasteiger partial charge < -0.3 is 26.0 Å². The molecule has 0 bridgehead atoms. The van der Waals surface area contributed by atoms with Crippen molar-refractivity contribution < 1.29 is 9.90 Å². The van der Waals surface area contributed by atoms with Gasteiger partial charge in [0.05, 0.1) is 12.9 Å². The van der Waals surface area contributed by atoms with Crippen LogP contribution in [0, 0.1) is 0 Å². The molecule has 0 aliphatic rings. The molecule has 10 heteroatoms. The van der Waals surface area contributed by atoms with E-state index in [2.05, 4.69) is 25.6 Å².